The summed E-state index contributed by atoms with van der Waals surface area (Å²) in [5, 5.41) is 6.84. The number of nitrogens with one attached hydrogen (secondary N) is 2. The molecule has 0 saturated heterocycles. The summed E-state index contributed by atoms with van der Waals surface area (Å²) in [5.74, 6) is 1.87. The molecule has 1 fully saturated rings. The molecule has 2 aliphatic carbocycles. The van der Waals surface area contributed by atoms with Crippen LogP contribution in [-0.2, 0) is 6.54 Å². The van der Waals surface area contributed by atoms with Crippen molar-refractivity contribution >= 4 is 29.9 Å². The molecule has 4 nitrogen and oxygen atoms in total. The normalized spacial score (nSPS) is 18.0. The number of para-hydroxylation sites is 1. The van der Waals surface area contributed by atoms with Crippen LogP contribution < -0.4 is 15.4 Å². The van der Waals surface area contributed by atoms with Crippen LogP contribution in [-0.4, -0.2) is 24.7 Å². The molecule has 2 N–H and O–H groups in total. The van der Waals surface area contributed by atoms with Crippen LogP contribution in [0.3, 0.4) is 0 Å². The third kappa shape index (κ3) is 5.40. The molecular weight excluding hydrogens is 413 g/mol. The number of ether oxygens (including phenoxy) is 1. The third-order valence-electron chi connectivity index (χ3n) is 4.42. The van der Waals surface area contributed by atoms with Crippen LogP contribution in [0.25, 0.3) is 0 Å². The smallest absolute Gasteiger partial charge is 0.191 e. The lowest BCUT2D eigenvalue weighted by atomic mass is 9.96. The zero-order valence-electron chi connectivity index (χ0n) is 14.3. The predicted molar refractivity (Wildman–Crippen MR) is 110 cm³/mol. The third-order valence-corrected chi connectivity index (χ3v) is 4.42. The van der Waals surface area contributed by atoms with Crippen LogP contribution in [0.5, 0.6) is 5.75 Å². The minimum atomic E-state index is 0. The standard InChI is InChI=1S/C19H27N3O.HI/c1-2-20-19(22-16-9-4-5-10-16)21-14-15-8-3-6-13-18(15)23-17-11-7-12-17;/h3-6,8,13,16-17H,2,7,9-12,14H2,1H3,(H2,20,21,22);1H. The molecule has 0 bridgehead atoms. The van der Waals surface area contributed by atoms with Gasteiger partial charge in [-0.3, -0.25) is 0 Å². The Morgan fingerprint density at radius 2 is 1.96 bits per heavy atom. The van der Waals surface area contributed by atoms with E-state index in [0.29, 0.717) is 18.7 Å². The average Bonchev–Trinajstić information content (AvgIpc) is 3.03. The van der Waals surface area contributed by atoms with Gasteiger partial charge in [0.15, 0.2) is 5.96 Å². The lowest BCUT2D eigenvalue weighted by Crippen LogP contribution is -2.42. The van der Waals surface area contributed by atoms with E-state index in [-0.39, 0.29) is 24.0 Å². The number of aliphatic imine (C=N–C) groups is 1. The molecular formula is C19H28IN3O. The van der Waals surface area contributed by atoms with Crippen LogP contribution in [0, 0.1) is 0 Å². The van der Waals surface area contributed by atoms with Crippen LogP contribution in [0.4, 0.5) is 0 Å². The number of guanidine groups is 1. The minimum absolute atomic E-state index is 0. The van der Waals surface area contributed by atoms with Gasteiger partial charge in [-0.15, -0.1) is 24.0 Å². The van der Waals surface area contributed by atoms with Crippen molar-refractivity contribution < 1.29 is 4.74 Å². The van der Waals surface area contributed by atoms with Gasteiger partial charge in [0.2, 0.25) is 0 Å². The molecule has 1 saturated carbocycles. The van der Waals surface area contributed by atoms with Gasteiger partial charge < -0.3 is 15.4 Å². The Labute approximate surface area is 162 Å². The highest BCUT2D eigenvalue weighted by Gasteiger charge is 2.20. The van der Waals surface area contributed by atoms with E-state index in [0.717, 1.165) is 36.7 Å². The van der Waals surface area contributed by atoms with Crippen molar-refractivity contribution in [2.45, 2.75) is 57.7 Å². The molecule has 24 heavy (non-hydrogen) atoms. The second kappa shape index (κ2) is 9.91. The van der Waals surface area contributed by atoms with Gasteiger partial charge in [-0.05, 0) is 45.1 Å². The molecule has 0 atom stereocenters. The summed E-state index contributed by atoms with van der Waals surface area (Å²) in [6.07, 6.45) is 10.6. The molecule has 3 rings (SSSR count). The summed E-state index contributed by atoms with van der Waals surface area (Å²) in [7, 11) is 0. The topological polar surface area (TPSA) is 45.7 Å². The summed E-state index contributed by atoms with van der Waals surface area (Å²) in [4.78, 5) is 4.75. The molecule has 0 unspecified atom stereocenters. The van der Waals surface area contributed by atoms with Gasteiger partial charge in [0, 0.05) is 18.2 Å². The monoisotopic (exact) mass is 441 g/mol. The Bertz CT molecular complexity index is 561. The largest absolute Gasteiger partial charge is 0.490 e. The van der Waals surface area contributed by atoms with Crippen molar-refractivity contribution in [1.82, 2.24) is 10.6 Å². The minimum Gasteiger partial charge on any atom is -0.490 e. The summed E-state index contributed by atoms with van der Waals surface area (Å²) in [6, 6.07) is 8.73. The molecule has 0 aromatic heterocycles. The van der Waals surface area contributed by atoms with E-state index in [4.69, 9.17) is 9.73 Å². The number of rotatable bonds is 6. The van der Waals surface area contributed by atoms with Crippen molar-refractivity contribution in [3.8, 4) is 5.75 Å². The van der Waals surface area contributed by atoms with Crippen molar-refractivity contribution in [3.63, 3.8) is 0 Å². The first-order valence-corrected chi connectivity index (χ1v) is 8.79. The first-order chi connectivity index (χ1) is 11.3. The summed E-state index contributed by atoms with van der Waals surface area (Å²) in [5.41, 5.74) is 1.15. The molecule has 0 spiro atoms. The highest BCUT2D eigenvalue weighted by atomic mass is 127. The fourth-order valence-electron chi connectivity index (χ4n) is 2.83. The molecule has 0 heterocycles. The Hall–Kier alpha value is -1.24. The SMILES string of the molecule is CCNC(=NCc1ccccc1OC1CCC1)NC1CC=CC1.I. The van der Waals surface area contributed by atoms with Crippen LogP contribution in [0.15, 0.2) is 41.4 Å². The van der Waals surface area contributed by atoms with Crippen LogP contribution in [0.1, 0.15) is 44.6 Å². The van der Waals surface area contributed by atoms with Gasteiger partial charge in [-0.2, -0.15) is 0 Å². The molecule has 2 aliphatic rings. The summed E-state index contributed by atoms with van der Waals surface area (Å²) in [6.45, 7) is 3.60. The number of nitrogens with zero attached hydrogens (tertiary/aromatic N) is 1. The van der Waals surface area contributed by atoms with Gasteiger partial charge >= 0.3 is 0 Å². The van der Waals surface area contributed by atoms with E-state index < -0.39 is 0 Å². The molecule has 1 aromatic rings. The first kappa shape index (κ1) is 19.1. The highest BCUT2D eigenvalue weighted by Crippen LogP contribution is 2.27. The van der Waals surface area contributed by atoms with E-state index in [9.17, 15) is 0 Å². The second-order valence-electron chi connectivity index (χ2n) is 6.26. The zero-order valence-corrected chi connectivity index (χ0v) is 16.7. The number of hydrogen-bond acceptors (Lipinski definition) is 2. The van der Waals surface area contributed by atoms with Crippen molar-refractivity contribution in [2.75, 3.05) is 6.54 Å². The second-order valence-corrected chi connectivity index (χ2v) is 6.26. The summed E-state index contributed by atoms with van der Waals surface area (Å²) < 4.78 is 6.09. The molecule has 5 heteroatoms. The molecule has 132 valence electrons. The van der Waals surface area contributed by atoms with Gasteiger partial charge in [0.05, 0.1) is 12.6 Å². The maximum absolute atomic E-state index is 6.09. The van der Waals surface area contributed by atoms with Crippen molar-refractivity contribution in [2.24, 2.45) is 4.99 Å². The van der Waals surface area contributed by atoms with Crippen LogP contribution >= 0.6 is 24.0 Å². The van der Waals surface area contributed by atoms with E-state index >= 15 is 0 Å². The maximum Gasteiger partial charge on any atom is 0.191 e. The van der Waals surface area contributed by atoms with Gasteiger partial charge in [0.1, 0.15) is 5.75 Å². The number of hydrogen-bond donors (Lipinski definition) is 2. The number of halogens is 1. The van der Waals surface area contributed by atoms with E-state index in [2.05, 4.69) is 47.9 Å². The zero-order chi connectivity index (χ0) is 15.9. The highest BCUT2D eigenvalue weighted by molar-refractivity contribution is 14.0. The van der Waals surface area contributed by atoms with Crippen LogP contribution in [0.2, 0.25) is 0 Å². The van der Waals surface area contributed by atoms with Gasteiger partial charge in [-0.1, -0.05) is 30.4 Å². The van der Waals surface area contributed by atoms with Gasteiger partial charge in [0.25, 0.3) is 0 Å². The quantitative estimate of drug-likeness (QED) is 0.304. The first-order valence-electron chi connectivity index (χ1n) is 8.79. The Morgan fingerprint density at radius 1 is 1.21 bits per heavy atom. The van der Waals surface area contributed by atoms with E-state index in [1.165, 1.54) is 19.3 Å². The lowest BCUT2D eigenvalue weighted by molar-refractivity contribution is 0.119. The maximum atomic E-state index is 6.09. The van der Waals surface area contributed by atoms with Crippen molar-refractivity contribution in [1.29, 1.82) is 0 Å². The van der Waals surface area contributed by atoms with Gasteiger partial charge in [-0.25, -0.2) is 4.99 Å². The summed E-state index contributed by atoms with van der Waals surface area (Å²) >= 11 is 0. The Balaban J connectivity index is 0.00000208. The average molecular weight is 441 g/mol. The number of benzene rings is 1. The lowest BCUT2D eigenvalue weighted by Gasteiger charge is -2.27. The fraction of sp³-hybridized carbons (Fsp3) is 0.526. The molecule has 0 aliphatic heterocycles. The van der Waals surface area contributed by atoms with Crippen molar-refractivity contribution in [3.05, 3.63) is 42.0 Å². The Morgan fingerprint density at radius 3 is 2.62 bits per heavy atom. The molecule has 0 radical (unpaired) electrons. The fourth-order valence-corrected chi connectivity index (χ4v) is 2.83. The molecule has 0 amide bonds. The van der Waals surface area contributed by atoms with E-state index in [1.54, 1.807) is 0 Å². The van der Waals surface area contributed by atoms with E-state index in [1.807, 2.05) is 6.07 Å². The predicted octanol–water partition coefficient (Wildman–Crippen LogP) is 4.01. The Kier molecular flexibility index (Phi) is 7.88. The molecule has 1 aromatic carbocycles.